The van der Waals surface area contributed by atoms with Gasteiger partial charge in [-0.3, -0.25) is 0 Å². The molecule has 0 saturated heterocycles. The van der Waals surface area contributed by atoms with E-state index in [-0.39, 0.29) is 0 Å². The second-order valence-corrected chi connectivity index (χ2v) is 4.80. The van der Waals surface area contributed by atoms with Crippen molar-refractivity contribution < 1.29 is 0 Å². The highest BCUT2D eigenvalue weighted by atomic mass is 32.2. The highest BCUT2D eigenvalue weighted by Crippen LogP contribution is 2.20. The molecule has 2 aromatic rings. The molecule has 0 aliphatic rings. The van der Waals surface area contributed by atoms with Crippen LogP contribution >= 0.6 is 11.8 Å². The monoisotopic (exact) mass is 244 g/mol. The molecule has 2 nitrogen and oxygen atoms in total. The van der Waals surface area contributed by atoms with Gasteiger partial charge in [0.15, 0.2) is 0 Å². The smallest absolute Gasteiger partial charge is 0.0963 e. The fourth-order valence-corrected chi connectivity index (χ4v) is 2.34. The maximum atomic E-state index is 4.44. The number of hydrogen-bond acceptors (Lipinski definition) is 3. The predicted molar refractivity (Wildman–Crippen MR) is 73.0 cm³/mol. The molecule has 0 unspecified atom stereocenters. The number of nitrogens with zero attached hydrogens (tertiary/aromatic N) is 1. The lowest BCUT2D eigenvalue weighted by atomic mass is 10.2. The molecule has 0 saturated carbocycles. The number of pyridine rings is 1. The fraction of sp³-hybridized carbons (Fsp3) is 0.214. The molecule has 1 aromatic heterocycles. The molecule has 17 heavy (non-hydrogen) atoms. The molecular weight excluding hydrogens is 228 g/mol. The van der Waals surface area contributed by atoms with Crippen LogP contribution in [0.2, 0.25) is 0 Å². The zero-order chi connectivity index (χ0) is 11.9. The molecule has 0 bridgehead atoms. The van der Waals surface area contributed by atoms with Gasteiger partial charge in [0.2, 0.25) is 0 Å². The Balaban J connectivity index is 1.91. The first-order chi connectivity index (χ1) is 8.38. The third-order valence-corrected chi connectivity index (χ3v) is 3.42. The molecule has 2 rings (SSSR count). The average Bonchev–Trinajstić information content (AvgIpc) is 2.40. The molecule has 0 aliphatic carbocycles. The summed E-state index contributed by atoms with van der Waals surface area (Å²) >= 11 is 1.77. The van der Waals surface area contributed by atoms with Gasteiger partial charge in [-0.15, -0.1) is 11.8 Å². The quantitative estimate of drug-likeness (QED) is 0.818. The summed E-state index contributed by atoms with van der Waals surface area (Å²) in [5.74, 6) is 0.971. The van der Waals surface area contributed by atoms with Crippen molar-refractivity contribution in [2.24, 2.45) is 0 Å². The summed E-state index contributed by atoms with van der Waals surface area (Å²) < 4.78 is 0. The maximum Gasteiger partial charge on any atom is 0.0963 e. The van der Waals surface area contributed by atoms with Gasteiger partial charge >= 0.3 is 0 Å². The van der Waals surface area contributed by atoms with Crippen LogP contribution in [0.3, 0.4) is 0 Å². The van der Waals surface area contributed by atoms with Crippen LogP contribution in [0.5, 0.6) is 0 Å². The molecule has 0 aliphatic heterocycles. The Labute approximate surface area is 106 Å². The van der Waals surface area contributed by atoms with E-state index in [1.807, 2.05) is 19.3 Å². The molecule has 0 amide bonds. The minimum Gasteiger partial charge on any atom is -0.316 e. The van der Waals surface area contributed by atoms with E-state index in [0.717, 1.165) is 17.3 Å². The van der Waals surface area contributed by atoms with Gasteiger partial charge in [0.05, 0.1) is 5.03 Å². The van der Waals surface area contributed by atoms with Crippen molar-refractivity contribution in [2.75, 3.05) is 7.05 Å². The normalized spacial score (nSPS) is 10.4. The Hall–Kier alpha value is -1.32. The van der Waals surface area contributed by atoms with Crippen LogP contribution in [-0.2, 0) is 12.3 Å². The van der Waals surface area contributed by atoms with E-state index in [1.54, 1.807) is 11.8 Å². The lowest BCUT2D eigenvalue weighted by Crippen LogP contribution is -2.05. The van der Waals surface area contributed by atoms with E-state index in [1.165, 1.54) is 11.1 Å². The first kappa shape index (κ1) is 12.1. The highest BCUT2D eigenvalue weighted by Gasteiger charge is 1.97. The Kier molecular flexibility index (Phi) is 4.59. The summed E-state index contributed by atoms with van der Waals surface area (Å²) in [5.41, 5.74) is 2.55. The molecule has 1 heterocycles. The minimum absolute atomic E-state index is 0.872. The topological polar surface area (TPSA) is 24.9 Å². The van der Waals surface area contributed by atoms with Crippen molar-refractivity contribution in [3.8, 4) is 0 Å². The van der Waals surface area contributed by atoms with Gasteiger partial charge < -0.3 is 5.32 Å². The summed E-state index contributed by atoms with van der Waals surface area (Å²) in [5, 5.41) is 4.19. The number of thioether (sulfide) groups is 1. The zero-order valence-electron chi connectivity index (χ0n) is 9.89. The molecule has 3 heteroatoms. The van der Waals surface area contributed by atoms with Crippen LogP contribution < -0.4 is 5.32 Å². The molecule has 1 aromatic carbocycles. The van der Waals surface area contributed by atoms with Crippen molar-refractivity contribution in [1.82, 2.24) is 10.3 Å². The minimum atomic E-state index is 0.872. The number of benzene rings is 1. The number of rotatable bonds is 5. The van der Waals surface area contributed by atoms with Crippen LogP contribution in [0.15, 0.2) is 53.7 Å². The summed E-state index contributed by atoms with van der Waals surface area (Å²) in [6, 6.07) is 14.7. The molecule has 0 radical (unpaired) electrons. The lowest BCUT2D eigenvalue weighted by molar-refractivity contribution is 0.809. The fourth-order valence-electron chi connectivity index (χ4n) is 1.54. The SMILES string of the molecule is CNCc1ccc(SCc2ccccc2)nc1. The van der Waals surface area contributed by atoms with Crippen LogP contribution in [0, 0.1) is 0 Å². The van der Waals surface area contributed by atoms with E-state index in [2.05, 4.69) is 46.7 Å². The first-order valence-electron chi connectivity index (χ1n) is 5.65. The third kappa shape index (κ3) is 3.88. The predicted octanol–water partition coefficient (Wildman–Crippen LogP) is 3.09. The molecule has 0 fully saturated rings. The van der Waals surface area contributed by atoms with Gasteiger partial charge in [-0.1, -0.05) is 36.4 Å². The molecule has 0 atom stereocenters. The second-order valence-electron chi connectivity index (χ2n) is 3.81. The highest BCUT2D eigenvalue weighted by molar-refractivity contribution is 7.98. The Bertz CT molecular complexity index is 440. The average molecular weight is 244 g/mol. The zero-order valence-corrected chi connectivity index (χ0v) is 10.7. The Morgan fingerprint density at radius 3 is 2.53 bits per heavy atom. The third-order valence-electron chi connectivity index (χ3n) is 2.41. The summed E-state index contributed by atoms with van der Waals surface area (Å²) in [4.78, 5) is 4.44. The van der Waals surface area contributed by atoms with E-state index < -0.39 is 0 Å². The largest absolute Gasteiger partial charge is 0.316 e. The number of nitrogens with one attached hydrogen (secondary N) is 1. The first-order valence-corrected chi connectivity index (χ1v) is 6.63. The van der Waals surface area contributed by atoms with Crippen LogP contribution in [-0.4, -0.2) is 12.0 Å². The molecule has 0 spiro atoms. The van der Waals surface area contributed by atoms with Crippen molar-refractivity contribution in [2.45, 2.75) is 17.3 Å². The van der Waals surface area contributed by atoms with Crippen molar-refractivity contribution in [3.63, 3.8) is 0 Å². The number of aromatic nitrogens is 1. The summed E-state index contributed by atoms with van der Waals surface area (Å²) in [6.07, 6.45) is 1.93. The lowest BCUT2D eigenvalue weighted by Gasteiger charge is -2.03. The van der Waals surface area contributed by atoms with Crippen molar-refractivity contribution in [3.05, 3.63) is 59.8 Å². The van der Waals surface area contributed by atoms with Gasteiger partial charge in [0, 0.05) is 18.5 Å². The van der Waals surface area contributed by atoms with Gasteiger partial charge in [0.25, 0.3) is 0 Å². The standard InChI is InChI=1S/C14H16N2S/c1-15-9-13-7-8-14(16-10-13)17-11-12-5-3-2-4-6-12/h2-8,10,15H,9,11H2,1H3. The van der Waals surface area contributed by atoms with E-state index >= 15 is 0 Å². The van der Waals surface area contributed by atoms with Crippen LogP contribution in [0.1, 0.15) is 11.1 Å². The van der Waals surface area contributed by atoms with E-state index in [9.17, 15) is 0 Å². The van der Waals surface area contributed by atoms with Gasteiger partial charge in [0.1, 0.15) is 0 Å². The van der Waals surface area contributed by atoms with Gasteiger partial charge in [-0.25, -0.2) is 4.98 Å². The Morgan fingerprint density at radius 2 is 1.88 bits per heavy atom. The molecule has 88 valence electrons. The summed E-state index contributed by atoms with van der Waals surface area (Å²) in [6.45, 7) is 0.872. The molecular formula is C14H16N2S. The number of hydrogen-bond donors (Lipinski definition) is 1. The van der Waals surface area contributed by atoms with E-state index in [0.29, 0.717) is 0 Å². The van der Waals surface area contributed by atoms with Crippen molar-refractivity contribution >= 4 is 11.8 Å². The van der Waals surface area contributed by atoms with Crippen LogP contribution in [0.4, 0.5) is 0 Å². The Morgan fingerprint density at radius 1 is 1.06 bits per heavy atom. The van der Waals surface area contributed by atoms with Gasteiger partial charge in [-0.05, 0) is 24.2 Å². The van der Waals surface area contributed by atoms with Crippen LogP contribution in [0.25, 0.3) is 0 Å². The second kappa shape index (κ2) is 6.42. The van der Waals surface area contributed by atoms with Gasteiger partial charge in [-0.2, -0.15) is 0 Å². The maximum absolute atomic E-state index is 4.44. The van der Waals surface area contributed by atoms with E-state index in [4.69, 9.17) is 0 Å². The molecule has 1 N–H and O–H groups in total. The summed E-state index contributed by atoms with van der Waals surface area (Å²) in [7, 11) is 1.94. The van der Waals surface area contributed by atoms with Crippen molar-refractivity contribution in [1.29, 1.82) is 0 Å².